The Kier molecular flexibility index (Phi) is 5.58. The first kappa shape index (κ1) is 18.8. The molecule has 0 N–H and O–H groups in total. The monoisotopic (exact) mass is 396 g/mol. The van der Waals surface area contributed by atoms with E-state index < -0.39 is 10.0 Å². The Balaban J connectivity index is 1.59. The Morgan fingerprint density at radius 1 is 1.15 bits per heavy atom. The third-order valence-corrected chi connectivity index (χ3v) is 7.17. The highest BCUT2D eigenvalue weighted by Crippen LogP contribution is 2.23. The van der Waals surface area contributed by atoms with Crippen LogP contribution in [0, 0.1) is 0 Å². The molecule has 0 saturated carbocycles. The minimum atomic E-state index is -3.52. The van der Waals surface area contributed by atoms with E-state index in [1.165, 1.54) is 20.7 Å². The van der Waals surface area contributed by atoms with Crippen LogP contribution in [0.25, 0.3) is 0 Å². The highest BCUT2D eigenvalue weighted by atomic mass is 32.2. The number of hydrogen-bond acceptors (Lipinski definition) is 7. The number of thioether (sulfide) groups is 1. The quantitative estimate of drug-likeness (QED) is 0.667. The van der Waals surface area contributed by atoms with Gasteiger partial charge in [-0.15, -0.1) is 5.10 Å². The van der Waals surface area contributed by atoms with Crippen LogP contribution in [0.3, 0.4) is 0 Å². The number of rotatable bonds is 5. The zero-order valence-corrected chi connectivity index (χ0v) is 16.2. The summed E-state index contributed by atoms with van der Waals surface area (Å²) in [7, 11) is -1.80. The molecule has 1 aromatic carbocycles. The molecule has 140 valence electrons. The maximum atomic E-state index is 12.6. The van der Waals surface area contributed by atoms with Crippen molar-refractivity contribution in [2.24, 2.45) is 7.05 Å². The van der Waals surface area contributed by atoms with Crippen molar-refractivity contribution in [1.82, 2.24) is 29.4 Å². The van der Waals surface area contributed by atoms with Crippen molar-refractivity contribution in [1.29, 1.82) is 0 Å². The maximum Gasteiger partial charge on any atom is 0.243 e. The molecule has 1 unspecified atom stereocenters. The van der Waals surface area contributed by atoms with Gasteiger partial charge in [0.2, 0.25) is 21.1 Å². The van der Waals surface area contributed by atoms with Gasteiger partial charge in [0.15, 0.2) is 0 Å². The smallest absolute Gasteiger partial charge is 0.243 e. The van der Waals surface area contributed by atoms with Crippen molar-refractivity contribution in [3.05, 3.63) is 30.3 Å². The minimum absolute atomic E-state index is 0.0465. The molecule has 1 atom stereocenters. The third kappa shape index (κ3) is 3.89. The normalized spacial score (nSPS) is 17.2. The van der Waals surface area contributed by atoms with Crippen LogP contribution in [-0.4, -0.2) is 75.2 Å². The molecule has 1 aliphatic heterocycles. The van der Waals surface area contributed by atoms with E-state index in [0.29, 0.717) is 18.2 Å². The fourth-order valence-corrected chi connectivity index (χ4v) is 4.96. The van der Waals surface area contributed by atoms with E-state index in [4.69, 9.17) is 0 Å². The van der Waals surface area contributed by atoms with Gasteiger partial charge in [-0.1, -0.05) is 30.0 Å². The number of hydrogen-bond donors (Lipinski definition) is 0. The van der Waals surface area contributed by atoms with Crippen LogP contribution in [-0.2, 0) is 21.9 Å². The Labute approximate surface area is 156 Å². The van der Waals surface area contributed by atoms with Crippen LogP contribution in [0.1, 0.15) is 6.92 Å². The van der Waals surface area contributed by atoms with Crippen LogP contribution < -0.4 is 0 Å². The molecule has 0 aliphatic carbocycles. The van der Waals surface area contributed by atoms with Crippen molar-refractivity contribution in [3.8, 4) is 0 Å². The van der Waals surface area contributed by atoms with Crippen molar-refractivity contribution < 1.29 is 13.2 Å². The maximum absolute atomic E-state index is 12.6. The molecule has 9 nitrogen and oxygen atoms in total. The van der Waals surface area contributed by atoms with Gasteiger partial charge in [-0.2, -0.15) is 4.31 Å². The van der Waals surface area contributed by atoms with Gasteiger partial charge in [0.1, 0.15) is 0 Å². The predicted octanol–water partition coefficient (Wildman–Crippen LogP) is 0.224. The number of amides is 1. The average molecular weight is 396 g/mol. The molecular formula is C15H20N6O3S2. The molecule has 1 fully saturated rings. The number of piperazine rings is 1. The standard InChI is InChI=1S/C15H20N6O3S2/c1-12(25-15-16-17-18-19(15)2)14(22)20-8-10-21(11-9-20)26(23,24)13-6-4-3-5-7-13/h3-7,12H,8-11H2,1-2H3. The van der Waals surface area contributed by atoms with Crippen LogP contribution in [0.5, 0.6) is 0 Å². The van der Waals surface area contributed by atoms with E-state index in [1.807, 2.05) is 0 Å². The van der Waals surface area contributed by atoms with Gasteiger partial charge < -0.3 is 4.90 Å². The van der Waals surface area contributed by atoms with Crippen molar-refractivity contribution in [2.75, 3.05) is 26.2 Å². The highest BCUT2D eigenvalue weighted by Gasteiger charge is 2.32. The van der Waals surface area contributed by atoms with Gasteiger partial charge in [-0.3, -0.25) is 4.79 Å². The lowest BCUT2D eigenvalue weighted by Crippen LogP contribution is -2.52. The second kappa shape index (κ2) is 7.72. The summed E-state index contributed by atoms with van der Waals surface area (Å²) in [5, 5.41) is 11.4. The lowest BCUT2D eigenvalue weighted by molar-refractivity contribution is -0.131. The number of sulfonamides is 1. The summed E-state index contributed by atoms with van der Waals surface area (Å²) in [5.41, 5.74) is 0. The molecule has 2 aromatic rings. The second-order valence-corrected chi connectivity index (χ2v) is 9.13. The highest BCUT2D eigenvalue weighted by molar-refractivity contribution is 8.00. The number of tetrazole rings is 1. The summed E-state index contributed by atoms with van der Waals surface area (Å²) < 4.78 is 28.2. The minimum Gasteiger partial charge on any atom is -0.339 e. The number of aromatic nitrogens is 4. The summed E-state index contributed by atoms with van der Waals surface area (Å²) >= 11 is 1.29. The fourth-order valence-electron chi connectivity index (χ4n) is 2.68. The Morgan fingerprint density at radius 3 is 2.38 bits per heavy atom. The van der Waals surface area contributed by atoms with Crippen LogP contribution in [0.2, 0.25) is 0 Å². The van der Waals surface area contributed by atoms with Crippen LogP contribution in [0.15, 0.2) is 40.4 Å². The Hall–Kier alpha value is -1.98. The summed E-state index contributed by atoms with van der Waals surface area (Å²) in [6.07, 6.45) is 0. The topological polar surface area (TPSA) is 101 Å². The van der Waals surface area contributed by atoms with E-state index in [9.17, 15) is 13.2 Å². The first-order chi connectivity index (χ1) is 12.4. The van der Waals surface area contributed by atoms with Gasteiger partial charge in [-0.05, 0) is 29.5 Å². The van der Waals surface area contributed by atoms with E-state index in [-0.39, 0.29) is 29.1 Å². The second-order valence-electron chi connectivity index (χ2n) is 5.89. The van der Waals surface area contributed by atoms with Gasteiger partial charge in [0.25, 0.3) is 0 Å². The van der Waals surface area contributed by atoms with E-state index in [0.717, 1.165) is 0 Å². The van der Waals surface area contributed by atoms with E-state index >= 15 is 0 Å². The molecule has 1 aromatic heterocycles. The molecule has 11 heteroatoms. The first-order valence-corrected chi connectivity index (χ1v) is 10.4. The molecule has 3 rings (SSSR count). The number of benzene rings is 1. The first-order valence-electron chi connectivity index (χ1n) is 8.12. The van der Waals surface area contributed by atoms with Crippen molar-refractivity contribution in [3.63, 3.8) is 0 Å². The fraction of sp³-hybridized carbons (Fsp3) is 0.467. The summed E-state index contributed by atoms with van der Waals surface area (Å²) in [5.74, 6) is -0.0465. The predicted molar refractivity (Wildman–Crippen MR) is 95.9 cm³/mol. The van der Waals surface area contributed by atoms with Crippen LogP contribution in [0.4, 0.5) is 0 Å². The molecule has 1 aliphatic rings. The van der Waals surface area contributed by atoms with Gasteiger partial charge >= 0.3 is 0 Å². The summed E-state index contributed by atoms with van der Waals surface area (Å²) in [6, 6.07) is 8.35. The van der Waals surface area contributed by atoms with Gasteiger partial charge in [0.05, 0.1) is 10.1 Å². The largest absolute Gasteiger partial charge is 0.339 e. The van der Waals surface area contributed by atoms with Gasteiger partial charge in [-0.25, -0.2) is 13.1 Å². The van der Waals surface area contributed by atoms with E-state index in [1.54, 1.807) is 49.2 Å². The lowest BCUT2D eigenvalue weighted by Gasteiger charge is -2.35. The van der Waals surface area contributed by atoms with Crippen molar-refractivity contribution in [2.45, 2.75) is 22.2 Å². The SMILES string of the molecule is CC(Sc1nnnn1C)C(=O)N1CCN(S(=O)(=O)c2ccccc2)CC1. The van der Waals surface area contributed by atoms with Gasteiger partial charge in [0, 0.05) is 33.2 Å². The molecule has 0 bridgehead atoms. The molecule has 1 amide bonds. The molecule has 0 spiro atoms. The number of nitrogens with zero attached hydrogens (tertiary/aromatic N) is 6. The summed E-state index contributed by atoms with van der Waals surface area (Å²) in [4.78, 5) is 14.6. The zero-order chi connectivity index (χ0) is 18.7. The number of carbonyl (C=O) groups excluding carboxylic acids is 1. The zero-order valence-electron chi connectivity index (χ0n) is 14.5. The third-order valence-electron chi connectivity index (χ3n) is 4.14. The number of carbonyl (C=O) groups is 1. The van der Waals surface area contributed by atoms with Crippen molar-refractivity contribution >= 4 is 27.7 Å². The lowest BCUT2D eigenvalue weighted by atomic mass is 10.3. The molecule has 2 heterocycles. The van der Waals surface area contributed by atoms with E-state index in [2.05, 4.69) is 15.5 Å². The molecular weight excluding hydrogens is 376 g/mol. The summed E-state index contributed by atoms with van der Waals surface area (Å²) in [6.45, 7) is 3.10. The Bertz CT molecular complexity index is 863. The Morgan fingerprint density at radius 2 is 1.81 bits per heavy atom. The van der Waals surface area contributed by atoms with Crippen LogP contribution >= 0.6 is 11.8 Å². The number of aryl methyl sites for hydroxylation is 1. The molecule has 26 heavy (non-hydrogen) atoms. The molecule has 0 radical (unpaired) electrons. The molecule has 1 saturated heterocycles. The average Bonchev–Trinajstić information content (AvgIpc) is 3.06.